The van der Waals surface area contributed by atoms with E-state index >= 15 is 0 Å². The highest BCUT2D eigenvalue weighted by Gasteiger charge is 2.27. The molecule has 1 atom stereocenters. The number of aromatic nitrogens is 1. The Morgan fingerprint density at radius 3 is 2.41 bits per heavy atom. The van der Waals surface area contributed by atoms with Gasteiger partial charge in [0.2, 0.25) is 5.78 Å². The van der Waals surface area contributed by atoms with Gasteiger partial charge in [-0.15, -0.1) is 0 Å². The van der Waals surface area contributed by atoms with Crippen LogP contribution >= 0.6 is 11.6 Å². The Morgan fingerprint density at radius 1 is 1.26 bits per heavy atom. The van der Waals surface area contributed by atoms with Gasteiger partial charge in [0.1, 0.15) is 0 Å². The number of ether oxygens (including phenoxy) is 1. The van der Waals surface area contributed by atoms with Crippen molar-refractivity contribution in [3.63, 3.8) is 0 Å². The monoisotopic (exact) mass is 392 g/mol. The summed E-state index contributed by atoms with van der Waals surface area (Å²) in [6.07, 6.45) is -1.19. The molecule has 27 heavy (non-hydrogen) atoms. The molecule has 0 bridgehead atoms. The average molecular weight is 393 g/mol. The number of nitro benzene ring substituents is 1. The highest BCUT2D eigenvalue weighted by atomic mass is 35.5. The van der Waals surface area contributed by atoms with E-state index in [9.17, 15) is 24.5 Å². The second-order valence-corrected chi connectivity index (χ2v) is 6.42. The number of rotatable bonds is 6. The third-order valence-corrected chi connectivity index (χ3v) is 4.40. The molecule has 0 saturated carbocycles. The summed E-state index contributed by atoms with van der Waals surface area (Å²) in [7, 11) is 0. The highest BCUT2D eigenvalue weighted by Crippen LogP contribution is 2.24. The van der Waals surface area contributed by atoms with Crippen molar-refractivity contribution in [2.24, 2.45) is 0 Å². The van der Waals surface area contributed by atoms with Crippen LogP contribution in [0.5, 0.6) is 0 Å². The lowest BCUT2D eigenvalue weighted by Crippen LogP contribution is -2.25. The molecule has 2 aromatic rings. The molecule has 142 valence electrons. The Bertz CT molecular complexity index is 963. The summed E-state index contributed by atoms with van der Waals surface area (Å²) in [5.74, 6) is -1.68. The van der Waals surface area contributed by atoms with Crippen molar-refractivity contribution in [3.05, 3.63) is 61.4 Å². The summed E-state index contributed by atoms with van der Waals surface area (Å²) in [6, 6.07) is 3.35. The van der Waals surface area contributed by atoms with Crippen molar-refractivity contribution in [3.8, 4) is 0 Å². The van der Waals surface area contributed by atoms with E-state index in [0.29, 0.717) is 16.8 Å². The molecular weight excluding hydrogens is 376 g/mol. The fourth-order valence-corrected chi connectivity index (χ4v) is 2.98. The van der Waals surface area contributed by atoms with Crippen LogP contribution in [0.25, 0.3) is 0 Å². The maximum Gasteiger partial charge on any atom is 0.340 e. The Hall–Kier alpha value is -3.00. The van der Waals surface area contributed by atoms with Gasteiger partial charge in [-0.1, -0.05) is 11.6 Å². The van der Waals surface area contributed by atoms with Gasteiger partial charge in [-0.25, -0.2) is 4.79 Å². The van der Waals surface area contributed by atoms with Gasteiger partial charge in [-0.3, -0.25) is 19.7 Å². The number of carbonyl (C=O) groups is 3. The first-order valence-corrected chi connectivity index (χ1v) is 8.31. The summed E-state index contributed by atoms with van der Waals surface area (Å²) in [4.78, 5) is 49.6. The Labute approximate surface area is 159 Å². The predicted molar refractivity (Wildman–Crippen MR) is 97.6 cm³/mol. The van der Waals surface area contributed by atoms with Crippen LogP contribution in [0.1, 0.15) is 56.3 Å². The molecule has 0 amide bonds. The molecule has 1 heterocycles. The first-order valence-electron chi connectivity index (χ1n) is 7.93. The number of nitrogens with zero attached hydrogens (tertiary/aromatic N) is 1. The van der Waals surface area contributed by atoms with Crippen LogP contribution in [0.15, 0.2) is 18.2 Å². The number of ketones is 2. The van der Waals surface area contributed by atoms with Gasteiger partial charge in [0.25, 0.3) is 5.69 Å². The van der Waals surface area contributed by atoms with Crippen molar-refractivity contribution >= 4 is 34.8 Å². The number of non-ortho nitro benzene ring substituents is 1. The number of hydrogen-bond acceptors (Lipinski definition) is 6. The molecular formula is C18H17ClN2O6. The maximum absolute atomic E-state index is 12.6. The van der Waals surface area contributed by atoms with Gasteiger partial charge in [0.05, 0.1) is 21.2 Å². The predicted octanol–water partition coefficient (Wildman–Crippen LogP) is 3.82. The minimum absolute atomic E-state index is 0.0315. The van der Waals surface area contributed by atoms with E-state index in [1.54, 1.807) is 13.8 Å². The molecule has 0 unspecified atom stereocenters. The van der Waals surface area contributed by atoms with E-state index < -0.39 is 22.8 Å². The van der Waals surface area contributed by atoms with E-state index in [-0.39, 0.29) is 27.8 Å². The number of aromatic amines is 1. The summed E-state index contributed by atoms with van der Waals surface area (Å²) in [5, 5.41) is 10.8. The van der Waals surface area contributed by atoms with E-state index in [2.05, 4.69) is 4.98 Å². The van der Waals surface area contributed by atoms with Crippen LogP contribution in [0.4, 0.5) is 5.69 Å². The quantitative estimate of drug-likeness (QED) is 0.345. The number of nitro groups is 1. The molecule has 8 nitrogen and oxygen atoms in total. The van der Waals surface area contributed by atoms with Crippen LogP contribution in [-0.4, -0.2) is 33.5 Å². The molecule has 0 aliphatic heterocycles. The molecule has 0 spiro atoms. The third-order valence-electron chi connectivity index (χ3n) is 4.07. The summed E-state index contributed by atoms with van der Waals surface area (Å²) < 4.78 is 5.13. The molecule has 9 heteroatoms. The number of nitrogens with one attached hydrogen (secondary N) is 1. The lowest BCUT2D eigenvalue weighted by Gasteiger charge is -2.13. The van der Waals surface area contributed by atoms with Gasteiger partial charge in [-0.2, -0.15) is 0 Å². The zero-order valence-corrected chi connectivity index (χ0v) is 15.8. The smallest absolute Gasteiger partial charge is 0.340 e. The number of benzene rings is 1. The SMILES string of the molecule is CC(=O)c1c(C)[nH]c(C(=O)[C@H](C)OC(=O)c2cc([N+](=O)[O-])ccc2Cl)c1C. The zero-order chi connectivity index (χ0) is 20.5. The Kier molecular flexibility index (Phi) is 5.80. The molecule has 1 N–H and O–H groups in total. The van der Waals surface area contributed by atoms with Crippen LogP contribution < -0.4 is 0 Å². The second kappa shape index (κ2) is 7.71. The van der Waals surface area contributed by atoms with Gasteiger partial charge in [0, 0.05) is 23.4 Å². The van der Waals surface area contributed by atoms with Crippen molar-refractivity contribution in [2.75, 3.05) is 0 Å². The minimum Gasteiger partial charge on any atom is -0.451 e. The van der Waals surface area contributed by atoms with Crippen LogP contribution in [0.3, 0.4) is 0 Å². The zero-order valence-electron chi connectivity index (χ0n) is 15.1. The maximum atomic E-state index is 12.6. The van der Waals surface area contributed by atoms with Gasteiger partial charge in [-0.05, 0) is 39.3 Å². The Morgan fingerprint density at radius 2 is 1.89 bits per heavy atom. The molecule has 0 radical (unpaired) electrons. The first kappa shape index (κ1) is 20.3. The van der Waals surface area contributed by atoms with Crippen molar-refractivity contribution < 1.29 is 24.0 Å². The lowest BCUT2D eigenvalue weighted by molar-refractivity contribution is -0.384. The van der Waals surface area contributed by atoms with Crippen LogP contribution in [0, 0.1) is 24.0 Å². The third kappa shape index (κ3) is 4.06. The largest absolute Gasteiger partial charge is 0.451 e. The van der Waals surface area contributed by atoms with E-state index in [4.69, 9.17) is 16.3 Å². The van der Waals surface area contributed by atoms with E-state index in [0.717, 1.165) is 12.1 Å². The lowest BCUT2D eigenvalue weighted by atomic mass is 10.0. The molecule has 0 saturated heterocycles. The van der Waals surface area contributed by atoms with Gasteiger partial charge >= 0.3 is 5.97 Å². The molecule has 0 aliphatic carbocycles. The molecule has 1 aromatic heterocycles. The number of H-pyrrole nitrogens is 1. The molecule has 2 rings (SSSR count). The molecule has 0 fully saturated rings. The summed E-state index contributed by atoms with van der Waals surface area (Å²) >= 11 is 5.91. The van der Waals surface area contributed by atoms with Crippen molar-refractivity contribution in [1.82, 2.24) is 4.98 Å². The summed E-state index contributed by atoms with van der Waals surface area (Å²) in [5.41, 5.74) is 1.06. The van der Waals surface area contributed by atoms with Crippen molar-refractivity contribution in [1.29, 1.82) is 0 Å². The fourth-order valence-electron chi connectivity index (χ4n) is 2.79. The van der Waals surface area contributed by atoms with E-state index in [1.807, 2.05) is 0 Å². The number of halogens is 1. The second-order valence-electron chi connectivity index (χ2n) is 6.01. The number of hydrogen-bond donors (Lipinski definition) is 1. The number of esters is 1. The van der Waals surface area contributed by atoms with Gasteiger partial charge < -0.3 is 9.72 Å². The van der Waals surface area contributed by atoms with Gasteiger partial charge in [0.15, 0.2) is 11.9 Å². The normalized spacial score (nSPS) is 11.7. The number of aryl methyl sites for hydroxylation is 1. The minimum atomic E-state index is -1.19. The number of carbonyl (C=O) groups excluding carboxylic acids is 3. The van der Waals surface area contributed by atoms with E-state index in [1.165, 1.54) is 19.9 Å². The molecule has 1 aromatic carbocycles. The van der Waals surface area contributed by atoms with Crippen molar-refractivity contribution in [2.45, 2.75) is 33.8 Å². The van der Waals surface area contributed by atoms with Crippen LogP contribution in [0.2, 0.25) is 5.02 Å². The highest BCUT2D eigenvalue weighted by molar-refractivity contribution is 6.33. The Balaban J connectivity index is 2.26. The first-order chi connectivity index (χ1) is 12.5. The molecule has 0 aliphatic rings. The fraction of sp³-hybridized carbons (Fsp3) is 0.278. The van der Waals surface area contributed by atoms with Crippen LogP contribution in [-0.2, 0) is 4.74 Å². The number of Topliss-reactive ketones (excluding diaryl/α,β-unsaturated/α-hetero) is 2. The summed E-state index contributed by atoms with van der Waals surface area (Å²) in [6.45, 7) is 6.05. The topological polar surface area (TPSA) is 119 Å². The standard InChI is InChI=1S/C18H17ClN2O6/c1-8-15(10(3)22)9(2)20-16(8)17(23)11(4)27-18(24)13-7-12(21(25)26)5-6-14(13)19/h5-7,11,20H,1-4H3/t11-/m0/s1. The average Bonchev–Trinajstić information content (AvgIpc) is 2.88.